The number of hydrogen-bond donors (Lipinski definition) is 2. The second kappa shape index (κ2) is 6.20. The number of anilines is 1. The van der Waals surface area contributed by atoms with Crippen LogP contribution in [-0.2, 0) is 4.79 Å². The lowest BCUT2D eigenvalue weighted by molar-refractivity contribution is -0.118. The Balaban J connectivity index is 3.00. The second-order valence-electron chi connectivity index (χ2n) is 4.56. The molecule has 18 heavy (non-hydrogen) atoms. The molecule has 1 unspecified atom stereocenters. The second-order valence-corrected chi connectivity index (χ2v) is 5.47. The van der Waals surface area contributed by atoms with Crippen LogP contribution in [0.2, 0.25) is 0 Å². The first-order valence-electron chi connectivity index (χ1n) is 5.77. The molecule has 0 saturated carbocycles. The Hall–Kier alpha value is -1.07. The summed E-state index contributed by atoms with van der Waals surface area (Å²) in [5.74, 6) is 0.506. The quantitative estimate of drug-likeness (QED) is 0.898. The molecule has 0 aromatic heterocycles. The van der Waals surface area contributed by atoms with E-state index in [1.54, 1.807) is 7.11 Å². The van der Waals surface area contributed by atoms with Gasteiger partial charge in [0.25, 0.3) is 0 Å². The van der Waals surface area contributed by atoms with Gasteiger partial charge in [-0.05, 0) is 30.5 Å². The van der Waals surface area contributed by atoms with Crippen molar-refractivity contribution in [1.82, 2.24) is 0 Å². The molecule has 0 aliphatic carbocycles. The molecular formula is C13H19BrN2O2. The Labute approximate surface area is 116 Å². The first kappa shape index (κ1) is 15.0. The van der Waals surface area contributed by atoms with Crippen LogP contribution in [0.25, 0.3) is 0 Å². The first-order valence-corrected chi connectivity index (χ1v) is 6.56. The molecule has 0 bridgehead atoms. The number of halogens is 1. The van der Waals surface area contributed by atoms with Gasteiger partial charge in [-0.15, -0.1) is 0 Å². The fourth-order valence-corrected chi connectivity index (χ4v) is 2.09. The highest BCUT2D eigenvalue weighted by molar-refractivity contribution is 9.10. The monoisotopic (exact) mass is 314 g/mol. The fourth-order valence-electron chi connectivity index (χ4n) is 1.54. The maximum atomic E-state index is 12.0. The Kier molecular flexibility index (Phi) is 5.16. The van der Waals surface area contributed by atoms with Gasteiger partial charge in [0, 0.05) is 4.47 Å². The fraction of sp³-hybridized carbons (Fsp3) is 0.462. The summed E-state index contributed by atoms with van der Waals surface area (Å²) in [6.45, 7) is 5.73. The topological polar surface area (TPSA) is 64.3 Å². The minimum absolute atomic E-state index is 0.0896. The van der Waals surface area contributed by atoms with E-state index in [2.05, 4.69) is 21.2 Å². The summed E-state index contributed by atoms with van der Waals surface area (Å²) in [4.78, 5) is 12.0. The summed E-state index contributed by atoms with van der Waals surface area (Å²) in [5.41, 5.74) is 7.41. The molecule has 0 spiro atoms. The van der Waals surface area contributed by atoms with E-state index in [9.17, 15) is 4.79 Å². The molecule has 100 valence electrons. The molecule has 0 aliphatic heterocycles. The van der Waals surface area contributed by atoms with Crippen molar-refractivity contribution in [3.05, 3.63) is 22.2 Å². The van der Waals surface area contributed by atoms with E-state index >= 15 is 0 Å². The molecule has 1 atom stereocenters. The normalized spacial score (nSPS) is 12.4. The highest BCUT2D eigenvalue weighted by atomic mass is 79.9. The largest absolute Gasteiger partial charge is 0.495 e. The highest BCUT2D eigenvalue weighted by Gasteiger charge is 2.19. The summed E-state index contributed by atoms with van der Waals surface area (Å²) in [7, 11) is 1.57. The van der Waals surface area contributed by atoms with E-state index < -0.39 is 6.04 Å². The van der Waals surface area contributed by atoms with Crippen LogP contribution in [0.1, 0.15) is 19.4 Å². The number of benzene rings is 1. The average Bonchev–Trinajstić information content (AvgIpc) is 2.30. The van der Waals surface area contributed by atoms with Crippen LogP contribution >= 0.6 is 15.9 Å². The van der Waals surface area contributed by atoms with E-state index in [1.807, 2.05) is 32.9 Å². The van der Waals surface area contributed by atoms with Gasteiger partial charge >= 0.3 is 0 Å². The van der Waals surface area contributed by atoms with Gasteiger partial charge in [0.1, 0.15) is 5.75 Å². The van der Waals surface area contributed by atoms with Gasteiger partial charge in [-0.1, -0.05) is 29.8 Å². The minimum Gasteiger partial charge on any atom is -0.495 e. The lowest BCUT2D eigenvalue weighted by Gasteiger charge is -2.18. The zero-order chi connectivity index (χ0) is 13.9. The predicted molar refractivity (Wildman–Crippen MR) is 76.9 cm³/mol. The zero-order valence-electron chi connectivity index (χ0n) is 11.1. The molecule has 0 radical (unpaired) electrons. The molecule has 3 N–H and O–H groups in total. The maximum absolute atomic E-state index is 12.0. The Morgan fingerprint density at radius 3 is 2.56 bits per heavy atom. The molecular weight excluding hydrogens is 296 g/mol. The summed E-state index contributed by atoms with van der Waals surface area (Å²) in [5, 5.41) is 2.83. The molecule has 4 nitrogen and oxygen atoms in total. The Morgan fingerprint density at radius 2 is 2.06 bits per heavy atom. The van der Waals surface area contributed by atoms with Crippen molar-refractivity contribution < 1.29 is 9.53 Å². The number of nitrogens with one attached hydrogen (secondary N) is 1. The van der Waals surface area contributed by atoms with Gasteiger partial charge in [0.2, 0.25) is 5.91 Å². The van der Waals surface area contributed by atoms with E-state index in [0.717, 1.165) is 10.0 Å². The van der Waals surface area contributed by atoms with Gasteiger partial charge in [-0.3, -0.25) is 4.79 Å². The number of hydrogen-bond acceptors (Lipinski definition) is 3. The van der Waals surface area contributed by atoms with Crippen LogP contribution in [0.15, 0.2) is 16.6 Å². The Bertz CT molecular complexity index is 447. The van der Waals surface area contributed by atoms with Crippen LogP contribution < -0.4 is 15.8 Å². The zero-order valence-corrected chi connectivity index (χ0v) is 12.7. The number of amides is 1. The summed E-state index contributed by atoms with van der Waals surface area (Å²) < 4.78 is 6.17. The number of nitrogens with two attached hydrogens (primary N) is 1. The highest BCUT2D eigenvalue weighted by Crippen LogP contribution is 2.32. The van der Waals surface area contributed by atoms with Crippen LogP contribution in [0.5, 0.6) is 5.75 Å². The van der Waals surface area contributed by atoms with Crippen molar-refractivity contribution in [2.45, 2.75) is 26.8 Å². The number of ether oxygens (including phenoxy) is 1. The van der Waals surface area contributed by atoms with Gasteiger partial charge in [0.05, 0.1) is 18.8 Å². The van der Waals surface area contributed by atoms with Gasteiger partial charge in [0.15, 0.2) is 0 Å². The molecule has 0 fully saturated rings. The molecule has 1 aromatic carbocycles. The minimum atomic E-state index is -0.530. The number of aryl methyl sites for hydroxylation is 1. The van der Waals surface area contributed by atoms with Crippen LogP contribution in [0, 0.1) is 12.8 Å². The molecule has 0 saturated heterocycles. The number of carbonyl (C=O) groups excluding carboxylic acids is 1. The van der Waals surface area contributed by atoms with Crippen molar-refractivity contribution in [2.75, 3.05) is 12.4 Å². The van der Waals surface area contributed by atoms with Gasteiger partial charge in [-0.2, -0.15) is 0 Å². The van der Waals surface area contributed by atoms with Crippen molar-refractivity contribution in [3.8, 4) is 5.75 Å². The smallest absolute Gasteiger partial charge is 0.241 e. The van der Waals surface area contributed by atoms with Crippen LogP contribution in [0.4, 0.5) is 5.69 Å². The first-order chi connectivity index (χ1) is 8.36. The molecule has 1 rings (SSSR count). The third-order valence-corrected chi connectivity index (χ3v) is 3.21. The molecule has 0 heterocycles. The SMILES string of the molecule is COc1cc(Br)cc(C)c1NC(=O)C(N)C(C)C. The van der Waals surface area contributed by atoms with Gasteiger partial charge in [-0.25, -0.2) is 0 Å². The molecule has 5 heteroatoms. The van der Waals surface area contributed by atoms with Crippen LogP contribution in [-0.4, -0.2) is 19.1 Å². The number of methoxy groups -OCH3 is 1. The van der Waals surface area contributed by atoms with E-state index in [0.29, 0.717) is 11.4 Å². The summed E-state index contributed by atoms with van der Waals surface area (Å²) in [6.07, 6.45) is 0. The molecule has 1 aromatic rings. The third kappa shape index (κ3) is 3.46. The number of carbonyl (C=O) groups is 1. The summed E-state index contributed by atoms with van der Waals surface area (Å²) in [6, 6.07) is 3.19. The van der Waals surface area contributed by atoms with E-state index in [1.165, 1.54) is 0 Å². The predicted octanol–water partition coefficient (Wildman–Crippen LogP) is 2.69. The van der Waals surface area contributed by atoms with Crippen molar-refractivity contribution in [1.29, 1.82) is 0 Å². The van der Waals surface area contributed by atoms with Gasteiger partial charge < -0.3 is 15.8 Å². The van der Waals surface area contributed by atoms with E-state index in [-0.39, 0.29) is 11.8 Å². The van der Waals surface area contributed by atoms with Crippen LogP contribution in [0.3, 0.4) is 0 Å². The van der Waals surface area contributed by atoms with Crippen molar-refractivity contribution in [3.63, 3.8) is 0 Å². The lowest BCUT2D eigenvalue weighted by Crippen LogP contribution is -2.39. The average molecular weight is 315 g/mol. The number of rotatable bonds is 4. The summed E-state index contributed by atoms with van der Waals surface area (Å²) >= 11 is 3.39. The maximum Gasteiger partial charge on any atom is 0.241 e. The standard InChI is InChI=1S/C13H19BrN2O2/c1-7(2)11(15)13(17)16-12-8(3)5-9(14)6-10(12)18-4/h5-7,11H,15H2,1-4H3,(H,16,17). The molecule has 0 aliphatic rings. The van der Waals surface area contributed by atoms with E-state index in [4.69, 9.17) is 10.5 Å². The Morgan fingerprint density at radius 1 is 1.44 bits per heavy atom. The third-order valence-electron chi connectivity index (χ3n) is 2.75. The van der Waals surface area contributed by atoms with Crippen molar-refractivity contribution >= 4 is 27.5 Å². The lowest BCUT2D eigenvalue weighted by atomic mass is 10.0. The molecule has 1 amide bonds. The van der Waals surface area contributed by atoms with Crippen molar-refractivity contribution in [2.24, 2.45) is 11.7 Å².